The zero-order valence-corrected chi connectivity index (χ0v) is 14.4. The van der Waals surface area contributed by atoms with Gasteiger partial charge in [0.2, 0.25) is 11.8 Å². The van der Waals surface area contributed by atoms with E-state index < -0.39 is 17.7 Å². The molecule has 1 saturated heterocycles. The minimum atomic E-state index is -4.50. The fraction of sp³-hybridized carbons (Fsp3) is 0.263. The summed E-state index contributed by atoms with van der Waals surface area (Å²) in [6.07, 6.45) is -4.56. The summed E-state index contributed by atoms with van der Waals surface area (Å²) >= 11 is 0. The summed E-state index contributed by atoms with van der Waals surface area (Å²) < 4.78 is 43.7. The second-order valence-corrected chi connectivity index (χ2v) is 6.17. The van der Waals surface area contributed by atoms with Crippen LogP contribution in [0.25, 0.3) is 0 Å². The first-order chi connectivity index (χ1) is 12.8. The first-order valence-corrected chi connectivity index (χ1v) is 8.20. The van der Waals surface area contributed by atoms with Crippen molar-refractivity contribution in [2.75, 3.05) is 23.9 Å². The van der Waals surface area contributed by atoms with Crippen molar-refractivity contribution >= 4 is 23.2 Å². The molecule has 1 aliphatic heterocycles. The van der Waals surface area contributed by atoms with E-state index in [0.717, 1.165) is 12.1 Å². The number of alkyl halides is 3. The monoisotopic (exact) mass is 378 g/mol. The predicted molar refractivity (Wildman–Crippen MR) is 93.5 cm³/mol. The van der Waals surface area contributed by atoms with E-state index in [2.05, 4.69) is 5.32 Å². The summed E-state index contributed by atoms with van der Waals surface area (Å²) in [5.41, 5.74) is -0.187. The van der Waals surface area contributed by atoms with Crippen LogP contribution in [0.3, 0.4) is 0 Å². The molecule has 1 N–H and O–H groups in total. The molecular weight excluding hydrogens is 361 g/mol. The first kappa shape index (κ1) is 18.8. The lowest BCUT2D eigenvalue weighted by atomic mass is 10.1. The maximum Gasteiger partial charge on any atom is 0.416 e. The van der Waals surface area contributed by atoms with Gasteiger partial charge in [0, 0.05) is 30.4 Å². The molecule has 2 aromatic rings. The highest BCUT2D eigenvalue weighted by atomic mass is 19.4. The molecule has 0 aromatic heterocycles. The molecule has 0 saturated carbocycles. The number of rotatable bonds is 4. The highest BCUT2D eigenvalue weighted by Crippen LogP contribution is 2.33. The Bertz CT molecular complexity index is 867. The number of nitrogens with one attached hydrogen (secondary N) is 1. The number of anilines is 2. The van der Waals surface area contributed by atoms with Crippen LogP contribution in [0.4, 0.5) is 24.5 Å². The smallest absolute Gasteiger partial charge is 0.416 e. The maximum atomic E-state index is 12.9. The summed E-state index contributed by atoms with van der Waals surface area (Å²) in [6.45, 7) is 0.0238. The number of carbonyl (C=O) groups excluding carboxylic acids is 2. The van der Waals surface area contributed by atoms with Gasteiger partial charge in [-0.05, 0) is 30.3 Å². The molecule has 2 amide bonds. The molecule has 1 atom stereocenters. The van der Waals surface area contributed by atoms with Crippen LogP contribution in [0, 0.1) is 5.92 Å². The third-order valence-corrected chi connectivity index (χ3v) is 4.32. The molecule has 1 fully saturated rings. The quantitative estimate of drug-likeness (QED) is 0.883. The van der Waals surface area contributed by atoms with Crippen molar-refractivity contribution in [3.05, 3.63) is 54.1 Å². The van der Waals surface area contributed by atoms with E-state index in [1.165, 1.54) is 24.1 Å². The molecule has 0 aliphatic carbocycles. The van der Waals surface area contributed by atoms with Gasteiger partial charge in [-0.2, -0.15) is 13.2 Å². The summed E-state index contributed by atoms with van der Waals surface area (Å²) in [6, 6.07) is 11.3. The van der Waals surface area contributed by atoms with Gasteiger partial charge in [0.1, 0.15) is 5.75 Å². The Balaban J connectivity index is 1.72. The number of ether oxygens (including phenoxy) is 1. The van der Waals surface area contributed by atoms with E-state index in [1.807, 2.05) is 0 Å². The van der Waals surface area contributed by atoms with Gasteiger partial charge in [-0.15, -0.1) is 0 Å². The lowest BCUT2D eigenvalue weighted by Crippen LogP contribution is -2.28. The van der Waals surface area contributed by atoms with Gasteiger partial charge in [-0.25, -0.2) is 0 Å². The van der Waals surface area contributed by atoms with Crippen LogP contribution in [0.1, 0.15) is 12.0 Å². The molecule has 0 unspecified atom stereocenters. The van der Waals surface area contributed by atoms with Crippen molar-refractivity contribution in [1.82, 2.24) is 0 Å². The SMILES string of the molecule is COc1cccc(NC(=O)[C@@H]2CC(=O)N(c3cccc(C(F)(F)F)c3)C2)c1. The normalized spacial score (nSPS) is 17.1. The fourth-order valence-corrected chi connectivity index (χ4v) is 2.93. The molecule has 2 aromatic carbocycles. The molecule has 0 radical (unpaired) electrons. The summed E-state index contributed by atoms with van der Waals surface area (Å²) in [7, 11) is 1.50. The van der Waals surface area contributed by atoms with Crippen LogP contribution in [-0.4, -0.2) is 25.5 Å². The van der Waals surface area contributed by atoms with Crippen LogP contribution >= 0.6 is 0 Å². The number of hydrogen-bond donors (Lipinski definition) is 1. The van der Waals surface area contributed by atoms with Crippen molar-refractivity contribution in [3.8, 4) is 5.75 Å². The van der Waals surface area contributed by atoms with Gasteiger partial charge in [0.05, 0.1) is 18.6 Å². The molecule has 27 heavy (non-hydrogen) atoms. The largest absolute Gasteiger partial charge is 0.497 e. The van der Waals surface area contributed by atoms with Crippen molar-refractivity contribution in [1.29, 1.82) is 0 Å². The Hall–Kier alpha value is -3.03. The Labute approximate surface area is 153 Å². The molecule has 1 heterocycles. The first-order valence-electron chi connectivity index (χ1n) is 8.20. The number of carbonyl (C=O) groups is 2. The Morgan fingerprint density at radius 2 is 1.93 bits per heavy atom. The van der Waals surface area contributed by atoms with E-state index >= 15 is 0 Å². The fourth-order valence-electron chi connectivity index (χ4n) is 2.93. The minimum absolute atomic E-state index is 0.0238. The maximum absolute atomic E-state index is 12.9. The van der Waals surface area contributed by atoms with Crippen LogP contribution in [0.15, 0.2) is 48.5 Å². The average molecular weight is 378 g/mol. The topological polar surface area (TPSA) is 58.6 Å². The number of hydrogen-bond acceptors (Lipinski definition) is 3. The van der Waals surface area contributed by atoms with Gasteiger partial charge in [-0.1, -0.05) is 12.1 Å². The Kier molecular flexibility index (Phi) is 5.07. The van der Waals surface area contributed by atoms with Crippen molar-refractivity contribution in [3.63, 3.8) is 0 Å². The van der Waals surface area contributed by atoms with Crippen molar-refractivity contribution < 1.29 is 27.5 Å². The number of benzene rings is 2. The van der Waals surface area contributed by atoms with E-state index in [1.54, 1.807) is 24.3 Å². The number of methoxy groups -OCH3 is 1. The molecule has 8 heteroatoms. The van der Waals surface area contributed by atoms with Crippen LogP contribution in [-0.2, 0) is 15.8 Å². The van der Waals surface area contributed by atoms with Gasteiger partial charge < -0.3 is 15.0 Å². The van der Waals surface area contributed by atoms with E-state index in [4.69, 9.17) is 4.74 Å². The summed E-state index contributed by atoms with van der Waals surface area (Å²) in [5, 5.41) is 2.71. The van der Waals surface area contributed by atoms with Crippen molar-refractivity contribution in [2.24, 2.45) is 5.92 Å². The third kappa shape index (κ3) is 4.21. The summed E-state index contributed by atoms with van der Waals surface area (Å²) in [4.78, 5) is 25.9. The van der Waals surface area contributed by atoms with Crippen LogP contribution in [0.5, 0.6) is 5.75 Å². The number of nitrogens with zero attached hydrogens (tertiary/aromatic N) is 1. The molecule has 0 spiro atoms. The van der Waals surface area contributed by atoms with Gasteiger partial charge in [-0.3, -0.25) is 9.59 Å². The second kappa shape index (κ2) is 7.30. The molecular formula is C19H17F3N2O3. The molecule has 5 nitrogen and oxygen atoms in total. The molecule has 3 rings (SSSR count). The molecule has 142 valence electrons. The van der Waals surface area contributed by atoms with E-state index in [0.29, 0.717) is 11.4 Å². The van der Waals surface area contributed by atoms with Crippen LogP contribution < -0.4 is 15.0 Å². The Morgan fingerprint density at radius 1 is 1.19 bits per heavy atom. The van der Waals surface area contributed by atoms with Gasteiger partial charge in [0.25, 0.3) is 0 Å². The lowest BCUT2D eigenvalue weighted by molar-refractivity contribution is -0.137. The zero-order valence-electron chi connectivity index (χ0n) is 14.4. The highest BCUT2D eigenvalue weighted by molar-refractivity contribution is 6.03. The van der Waals surface area contributed by atoms with E-state index in [9.17, 15) is 22.8 Å². The highest BCUT2D eigenvalue weighted by Gasteiger charge is 2.37. The number of halogens is 3. The minimum Gasteiger partial charge on any atom is -0.497 e. The molecule has 0 bridgehead atoms. The van der Waals surface area contributed by atoms with Gasteiger partial charge in [0.15, 0.2) is 0 Å². The van der Waals surface area contributed by atoms with Gasteiger partial charge >= 0.3 is 6.18 Å². The van der Waals surface area contributed by atoms with Crippen molar-refractivity contribution in [2.45, 2.75) is 12.6 Å². The third-order valence-electron chi connectivity index (χ3n) is 4.32. The standard InChI is InChI=1S/C19H17F3N2O3/c1-27-16-7-3-5-14(10-16)23-18(26)12-8-17(25)24(11-12)15-6-2-4-13(9-15)19(20,21)22/h2-7,9-10,12H,8,11H2,1H3,(H,23,26)/t12-/m1/s1. The zero-order chi connectivity index (χ0) is 19.6. The predicted octanol–water partition coefficient (Wildman–Crippen LogP) is 3.71. The Morgan fingerprint density at radius 3 is 2.63 bits per heavy atom. The molecule has 1 aliphatic rings. The van der Waals surface area contributed by atoms with Crippen LogP contribution in [0.2, 0.25) is 0 Å². The second-order valence-electron chi connectivity index (χ2n) is 6.17. The summed E-state index contributed by atoms with van der Waals surface area (Å²) in [5.74, 6) is -0.842. The lowest BCUT2D eigenvalue weighted by Gasteiger charge is -2.18. The van der Waals surface area contributed by atoms with E-state index in [-0.39, 0.29) is 30.5 Å². The average Bonchev–Trinajstić information content (AvgIpc) is 3.03. The number of amides is 2.